The van der Waals surface area contributed by atoms with Crippen LogP contribution >= 0.6 is 11.6 Å². The molecular formula is C19H23ClN2O4. The third-order valence-electron chi connectivity index (χ3n) is 3.94. The first-order chi connectivity index (χ1) is 12.4. The van der Waals surface area contributed by atoms with Crippen LogP contribution in [0, 0.1) is 6.92 Å². The Hall–Kier alpha value is -2.47. The highest BCUT2D eigenvalue weighted by molar-refractivity contribution is 6.31. The number of halogens is 1. The summed E-state index contributed by atoms with van der Waals surface area (Å²) in [6, 6.07) is 7.46. The second-order valence-electron chi connectivity index (χ2n) is 5.74. The van der Waals surface area contributed by atoms with Crippen LogP contribution in [0.3, 0.4) is 0 Å². The van der Waals surface area contributed by atoms with Crippen LogP contribution in [0.1, 0.15) is 45.8 Å². The average Bonchev–Trinajstić information content (AvgIpc) is 2.95. The third-order valence-corrected chi connectivity index (χ3v) is 4.31. The van der Waals surface area contributed by atoms with Gasteiger partial charge in [0, 0.05) is 18.6 Å². The molecular weight excluding hydrogens is 356 g/mol. The maximum absolute atomic E-state index is 12.5. The maximum atomic E-state index is 12.5. The molecule has 0 amide bonds. The van der Waals surface area contributed by atoms with Gasteiger partial charge in [0.2, 0.25) is 0 Å². The quantitative estimate of drug-likeness (QED) is 0.738. The molecule has 0 bridgehead atoms. The van der Waals surface area contributed by atoms with E-state index < -0.39 is 11.9 Å². The number of aromatic amines is 1. The van der Waals surface area contributed by atoms with E-state index in [1.807, 2.05) is 30.1 Å². The Labute approximate surface area is 158 Å². The first-order valence-electron chi connectivity index (χ1n) is 8.41. The standard InChI is InChI=1S/C19H23ClN2O4/c1-5-25-18(23)15-12(3)16(19(24)26-6-2)21-17(15)22(4)11-13-9-7-8-10-14(13)20/h7-10,21H,5-6,11H2,1-4H3. The minimum absolute atomic E-state index is 0.242. The van der Waals surface area contributed by atoms with Crippen LogP contribution in [0.4, 0.5) is 5.82 Å². The zero-order valence-electron chi connectivity index (χ0n) is 15.4. The van der Waals surface area contributed by atoms with Crippen LogP contribution in [-0.4, -0.2) is 37.2 Å². The number of hydrogen-bond donors (Lipinski definition) is 1. The van der Waals surface area contributed by atoms with Crippen molar-refractivity contribution >= 4 is 29.4 Å². The van der Waals surface area contributed by atoms with E-state index in [4.69, 9.17) is 21.1 Å². The molecule has 0 saturated carbocycles. The van der Waals surface area contributed by atoms with E-state index in [1.54, 1.807) is 26.8 Å². The Bertz CT molecular complexity index is 801. The molecule has 0 unspecified atom stereocenters. The van der Waals surface area contributed by atoms with Gasteiger partial charge in [-0.15, -0.1) is 0 Å². The summed E-state index contributed by atoms with van der Waals surface area (Å²) in [5, 5.41) is 0.630. The van der Waals surface area contributed by atoms with Crippen LogP contribution in [-0.2, 0) is 16.0 Å². The van der Waals surface area contributed by atoms with Gasteiger partial charge in [-0.05, 0) is 38.0 Å². The van der Waals surface area contributed by atoms with Crippen LogP contribution in [0.2, 0.25) is 5.02 Å². The number of rotatable bonds is 7. The van der Waals surface area contributed by atoms with Crippen molar-refractivity contribution in [1.29, 1.82) is 0 Å². The van der Waals surface area contributed by atoms with Gasteiger partial charge in [-0.3, -0.25) is 0 Å². The summed E-state index contributed by atoms with van der Waals surface area (Å²) in [6.07, 6.45) is 0. The largest absolute Gasteiger partial charge is 0.462 e. The molecule has 6 nitrogen and oxygen atoms in total. The van der Waals surface area contributed by atoms with Crippen LogP contribution in [0.5, 0.6) is 0 Å². The molecule has 140 valence electrons. The van der Waals surface area contributed by atoms with E-state index in [0.717, 1.165) is 5.56 Å². The van der Waals surface area contributed by atoms with Crippen molar-refractivity contribution in [3.05, 3.63) is 51.7 Å². The van der Waals surface area contributed by atoms with E-state index in [9.17, 15) is 9.59 Å². The molecule has 7 heteroatoms. The van der Waals surface area contributed by atoms with Crippen molar-refractivity contribution in [3.8, 4) is 0 Å². The number of ether oxygens (including phenoxy) is 2. The molecule has 0 fully saturated rings. The predicted octanol–water partition coefficient (Wildman–Crippen LogP) is 3.97. The normalized spacial score (nSPS) is 10.5. The van der Waals surface area contributed by atoms with Crippen LogP contribution in [0.15, 0.2) is 24.3 Å². The third kappa shape index (κ3) is 4.19. The van der Waals surface area contributed by atoms with Crippen molar-refractivity contribution in [2.45, 2.75) is 27.3 Å². The van der Waals surface area contributed by atoms with Gasteiger partial charge < -0.3 is 19.4 Å². The van der Waals surface area contributed by atoms with Gasteiger partial charge in [-0.1, -0.05) is 29.8 Å². The molecule has 1 N–H and O–H groups in total. The molecule has 0 aliphatic heterocycles. The Morgan fingerprint density at radius 1 is 1.12 bits per heavy atom. The highest BCUT2D eigenvalue weighted by Gasteiger charge is 2.27. The number of H-pyrrole nitrogens is 1. The molecule has 0 saturated heterocycles. The van der Waals surface area contributed by atoms with E-state index in [-0.39, 0.29) is 18.9 Å². The lowest BCUT2D eigenvalue weighted by Crippen LogP contribution is -2.20. The highest BCUT2D eigenvalue weighted by Crippen LogP contribution is 2.29. The molecule has 2 rings (SSSR count). The summed E-state index contributed by atoms with van der Waals surface area (Å²) in [5.74, 6) is -0.505. The van der Waals surface area contributed by atoms with Crippen molar-refractivity contribution in [2.75, 3.05) is 25.2 Å². The summed E-state index contributed by atoms with van der Waals surface area (Å²) < 4.78 is 10.2. The number of aromatic nitrogens is 1. The van der Waals surface area contributed by atoms with Crippen molar-refractivity contribution in [3.63, 3.8) is 0 Å². The topological polar surface area (TPSA) is 71.6 Å². The first-order valence-corrected chi connectivity index (χ1v) is 8.79. The summed E-state index contributed by atoms with van der Waals surface area (Å²) in [7, 11) is 1.81. The number of esters is 2. The zero-order valence-corrected chi connectivity index (χ0v) is 16.1. The van der Waals surface area contributed by atoms with E-state index >= 15 is 0 Å². The summed E-state index contributed by atoms with van der Waals surface area (Å²) in [4.78, 5) is 29.5. The van der Waals surface area contributed by atoms with Gasteiger partial charge in [0.15, 0.2) is 0 Å². The number of benzene rings is 1. The smallest absolute Gasteiger partial charge is 0.355 e. The van der Waals surface area contributed by atoms with Gasteiger partial charge >= 0.3 is 11.9 Å². The minimum Gasteiger partial charge on any atom is -0.462 e. The summed E-state index contributed by atoms with van der Waals surface area (Å²) in [5.41, 5.74) is 1.97. The number of carbonyl (C=O) groups excluding carboxylic acids is 2. The fourth-order valence-corrected chi connectivity index (χ4v) is 2.88. The summed E-state index contributed by atoms with van der Waals surface area (Å²) in [6.45, 7) is 6.10. The molecule has 1 heterocycles. The average molecular weight is 379 g/mol. The lowest BCUT2D eigenvalue weighted by Gasteiger charge is -2.20. The first kappa shape index (κ1) is 19.8. The molecule has 0 spiro atoms. The fourth-order valence-electron chi connectivity index (χ4n) is 2.69. The maximum Gasteiger partial charge on any atom is 0.355 e. The lowest BCUT2D eigenvalue weighted by atomic mass is 10.1. The second kappa shape index (κ2) is 8.76. The molecule has 1 aromatic heterocycles. The Morgan fingerprint density at radius 3 is 2.35 bits per heavy atom. The molecule has 26 heavy (non-hydrogen) atoms. The Morgan fingerprint density at radius 2 is 1.73 bits per heavy atom. The molecule has 2 aromatic rings. The minimum atomic E-state index is -0.507. The number of nitrogens with one attached hydrogen (secondary N) is 1. The monoisotopic (exact) mass is 378 g/mol. The highest BCUT2D eigenvalue weighted by atomic mass is 35.5. The SMILES string of the molecule is CCOC(=O)c1[nH]c(N(C)Cc2ccccc2Cl)c(C(=O)OCC)c1C. The second-order valence-corrected chi connectivity index (χ2v) is 6.14. The van der Waals surface area contributed by atoms with Crippen LogP contribution in [0.25, 0.3) is 0 Å². The van der Waals surface area contributed by atoms with Gasteiger partial charge in [0.1, 0.15) is 17.1 Å². The number of nitrogens with zero attached hydrogens (tertiary/aromatic N) is 1. The summed E-state index contributed by atoms with van der Waals surface area (Å²) >= 11 is 6.23. The van der Waals surface area contributed by atoms with Gasteiger partial charge in [-0.25, -0.2) is 9.59 Å². The number of anilines is 1. The van der Waals surface area contributed by atoms with Gasteiger partial charge in [0.05, 0.1) is 13.2 Å². The fraction of sp³-hybridized carbons (Fsp3) is 0.368. The van der Waals surface area contributed by atoms with Crippen molar-refractivity contribution in [1.82, 2.24) is 4.98 Å². The van der Waals surface area contributed by atoms with E-state index in [2.05, 4.69) is 4.98 Å². The molecule has 1 aromatic carbocycles. The van der Waals surface area contributed by atoms with E-state index in [1.165, 1.54) is 0 Å². The van der Waals surface area contributed by atoms with Crippen LogP contribution < -0.4 is 4.90 Å². The Kier molecular flexibility index (Phi) is 6.69. The predicted molar refractivity (Wildman–Crippen MR) is 101 cm³/mol. The van der Waals surface area contributed by atoms with Crippen molar-refractivity contribution < 1.29 is 19.1 Å². The molecule has 0 aliphatic carbocycles. The van der Waals surface area contributed by atoms with E-state index in [0.29, 0.717) is 28.5 Å². The molecule has 0 radical (unpaired) electrons. The number of carbonyl (C=O) groups is 2. The Balaban J connectivity index is 2.44. The van der Waals surface area contributed by atoms with Crippen molar-refractivity contribution in [2.24, 2.45) is 0 Å². The molecule has 0 atom stereocenters. The number of hydrogen-bond acceptors (Lipinski definition) is 5. The zero-order chi connectivity index (χ0) is 19.3. The molecule has 0 aliphatic rings. The van der Waals surface area contributed by atoms with Gasteiger partial charge in [-0.2, -0.15) is 0 Å². The lowest BCUT2D eigenvalue weighted by molar-refractivity contribution is 0.0518. The van der Waals surface area contributed by atoms with Gasteiger partial charge in [0.25, 0.3) is 0 Å².